The number of hydrogen-bond acceptors (Lipinski definition) is 6. The van der Waals surface area contributed by atoms with Crippen LogP contribution in [0, 0.1) is 0 Å². The Balaban J connectivity index is 2.23. The van der Waals surface area contributed by atoms with Crippen molar-refractivity contribution in [2.45, 2.75) is 22.7 Å². The number of benzene rings is 2. The van der Waals surface area contributed by atoms with Crippen LogP contribution >= 0.6 is 0 Å². The molecule has 0 aromatic heterocycles. The molecule has 0 aliphatic rings. The molecule has 0 unspecified atom stereocenters. The average molecular weight is 451 g/mol. The van der Waals surface area contributed by atoms with E-state index in [0.717, 1.165) is 0 Å². The van der Waals surface area contributed by atoms with Crippen molar-refractivity contribution in [1.29, 1.82) is 0 Å². The molecule has 0 aliphatic heterocycles. The van der Waals surface area contributed by atoms with Crippen molar-refractivity contribution in [3.8, 4) is 11.5 Å². The van der Waals surface area contributed by atoms with Crippen LogP contribution in [0.5, 0.6) is 11.5 Å². The molecule has 0 amide bonds. The van der Waals surface area contributed by atoms with Gasteiger partial charge in [0.1, 0.15) is 0 Å². The molecule has 2 aromatic carbocycles. The van der Waals surface area contributed by atoms with Gasteiger partial charge in [-0.15, -0.1) is 0 Å². The molecule has 2 N–H and O–H groups in total. The fourth-order valence-electron chi connectivity index (χ4n) is 2.30. The van der Waals surface area contributed by atoms with Gasteiger partial charge in [-0.2, -0.15) is 0 Å². The van der Waals surface area contributed by atoms with Gasteiger partial charge < -0.3 is 0 Å². The third-order valence-corrected chi connectivity index (χ3v) is 13.2. The van der Waals surface area contributed by atoms with Gasteiger partial charge in [-0.1, -0.05) is 0 Å². The first-order valence-corrected chi connectivity index (χ1v) is 14.3. The van der Waals surface area contributed by atoms with E-state index in [1.165, 1.54) is 24.3 Å². The average Bonchev–Trinajstić information content (AvgIpc) is 2.61. The number of aromatic hydroxyl groups is 2. The summed E-state index contributed by atoms with van der Waals surface area (Å²) < 4.78 is 12.1. The van der Waals surface area contributed by atoms with Crippen LogP contribution in [-0.4, -0.2) is 41.4 Å². The molecule has 0 saturated heterocycles. The van der Waals surface area contributed by atoms with Crippen LogP contribution in [0.3, 0.4) is 0 Å². The van der Waals surface area contributed by atoms with E-state index in [1.54, 1.807) is 38.1 Å². The van der Waals surface area contributed by atoms with Gasteiger partial charge >= 0.3 is 151 Å². The third-order valence-electron chi connectivity index (χ3n) is 3.88. The molecule has 2 rings (SSSR count). The van der Waals surface area contributed by atoms with E-state index >= 15 is 0 Å². The second-order valence-corrected chi connectivity index (χ2v) is 15.8. The first kappa shape index (κ1) is 19.1. The zero-order chi connectivity index (χ0) is 18.4. The standard InChI is InChI=1S/2C7H6O3.2C2H5.Sn/c2*8-6-4-2-1-3-5(6)7(9)10;2*1-2;/h2*1-4,8H,(H,9,10);2*1H2,2H3;/q;;;;+2/p-2. The molecule has 0 radical (unpaired) electrons. The Kier molecular flexibility index (Phi) is 6.30. The molecular weight excluding hydrogens is 431 g/mol. The summed E-state index contributed by atoms with van der Waals surface area (Å²) in [6, 6.07) is 12.1. The molecule has 0 heterocycles. The van der Waals surface area contributed by atoms with Gasteiger partial charge in [0.05, 0.1) is 0 Å². The van der Waals surface area contributed by atoms with Gasteiger partial charge in [-0.3, -0.25) is 0 Å². The van der Waals surface area contributed by atoms with Gasteiger partial charge in [-0.25, -0.2) is 0 Å². The van der Waals surface area contributed by atoms with Crippen molar-refractivity contribution in [2.24, 2.45) is 0 Å². The molecule has 0 atom stereocenters. The molecule has 25 heavy (non-hydrogen) atoms. The zero-order valence-corrected chi connectivity index (χ0v) is 16.9. The Morgan fingerprint density at radius 2 is 1.16 bits per heavy atom. The summed E-state index contributed by atoms with van der Waals surface area (Å²) in [5, 5.41) is 19.6. The van der Waals surface area contributed by atoms with Crippen molar-refractivity contribution in [3.63, 3.8) is 0 Å². The Bertz CT molecular complexity index is 708. The molecule has 132 valence electrons. The van der Waals surface area contributed by atoms with E-state index in [4.69, 9.17) is 6.15 Å². The van der Waals surface area contributed by atoms with Crippen LogP contribution in [-0.2, 0) is 6.15 Å². The van der Waals surface area contributed by atoms with Gasteiger partial charge in [0.15, 0.2) is 0 Å². The molecule has 0 spiro atoms. The SMILES string of the molecule is C[CH2][Sn]([CH2]C)([O]C(=O)c1ccccc1O)[O]C(=O)c1ccccc1O. The maximum absolute atomic E-state index is 12.4. The maximum atomic E-state index is 12.4. The Hall–Kier alpha value is -2.22. The summed E-state index contributed by atoms with van der Waals surface area (Å²) >= 11 is -4.07. The monoisotopic (exact) mass is 452 g/mol. The Labute approximate surface area is 151 Å². The number of carbonyl (C=O) groups is 2. The van der Waals surface area contributed by atoms with E-state index in [0.29, 0.717) is 8.87 Å². The summed E-state index contributed by atoms with van der Waals surface area (Å²) in [7, 11) is 0. The summed E-state index contributed by atoms with van der Waals surface area (Å²) in [6.07, 6.45) is 0. The van der Waals surface area contributed by atoms with E-state index in [2.05, 4.69) is 0 Å². The predicted octanol–water partition coefficient (Wildman–Crippen LogP) is 3.59. The molecule has 0 fully saturated rings. The number of phenols is 2. The minimum atomic E-state index is -4.07. The van der Waals surface area contributed by atoms with Crippen LogP contribution in [0.25, 0.3) is 0 Å². The van der Waals surface area contributed by atoms with Gasteiger partial charge in [0.25, 0.3) is 0 Å². The summed E-state index contributed by atoms with van der Waals surface area (Å²) in [5.74, 6) is -1.79. The van der Waals surface area contributed by atoms with Crippen LogP contribution in [0.15, 0.2) is 48.5 Å². The number of rotatable bonds is 6. The fraction of sp³-hybridized carbons (Fsp3) is 0.222. The molecule has 6 nitrogen and oxygen atoms in total. The third kappa shape index (κ3) is 4.45. The summed E-state index contributed by atoms with van der Waals surface area (Å²) in [4.78, 5) is 24.8. The zero-order valence-electron chi connectivity index (χ0n) is 14.1. The van der Waals surface area contributed by atoms with E-state index in [1.807, 2.05) is 0 Å². The summed E-state index contributed by atoms with van der Waals surface area (Å²) in [6.45, 7) is 3.60. The normalized spacial score (nSPS) is 11.0. The first-order valence-electron chi connectivity index (χ1n) is 7.95. The minimum absolute atomic E-state index is 0.0316. The van der Waals surface area contributed by atoms with Crippen molar-refractivity contribution in [1.82, 2.24) is 0 Å². The van der Waals surface area contributed by atoms with Crippen LogP contribution in [0.2, 0.25) is 8.87 Å². The van der Waals surface area contributed by atoms with Gasteiger partial charge in [-0.05, 0) is 0 Å². The molecule has 0 bridgehead atoms. The van der Waals surface area contributed by atoms with Crippen molar-refractivity contribution in [3.05, 3.63) is 59.7 Å². The number of carbonyl (C=O) groups excluding carboxylic acids is 2. The van der Waals surface area contributed by atoms with E-state index in [9.17, 15) is 19.8 Å². The summed E-state index contributed by atoms with van der Waals surface area (Å²) in [5.41, 5.74) is 0.0631. The molecule has 0 saturated carbocycles. The van der Waals surface area contributed by atoms with Crippen molar-refractivity contribution < 1.29 is 26.0 Å². The molecular formula is C18H20O6Sn. The topological polar surface area (TPSA) is 93.1 Å². The Morgan fingerprint density at radius 1 is 0.800 bits per heavy atom. The number of phenolic OH excluding ortho intramolecular Hbond substituents is 2. The van der Waals surface area contributed by atoms with Gasteiger partial charge in [0, 0.05) is 0 Å². The van der Waals surface area contributed by atoms with Crippen molar-refractivity contribution in [2.75, 3.05) is 0 Å². The predicted molar refractivity (Wildman–Crippen MR) is 93.8 cm³/mol. The van der Waals surface area contributed by atoms with Crippen LogP contribution < -0.4 is 0 Å². The molecule has 0 aliphatic carbocycles. The van der Waals surface area contributed by atoms with Crippen molar-refractivity contribution >= 4 is 31.1 Å². The quantitative estimate of drug-likeness (QED) is 0.653. The number of hydrogen-bond donors (Lipinski definition) is 2. The van der Waals surface area contributed by atoms with E-state index in [-0.39, 0.29) is 22.6 Å². The van der Waals surface area contributed by atoms with Crippen LogP contribution in [0.4, 0.5) is 0 Å². The fourth-order valence-corrected chi connectivity index (χ4v) is 8.05. The molecule has 2 aromatic rings. The first-order chi connectivity index (χ1) is 11.9. The van der Waals surface area contributed by atoms with Gasteiger partial charge in [0.2, 0.25) is 0 Å². The second-order valence-electron chi connectivity index (χ2n) is 5.43. The second kappa shape index (κ2) is 8.24. The molecule has 7 heteroatoms. The van der Waals surface area contributed by atoms with Crippen LogP contribution in [0.1, 0.15) is 34.6 Å². The van der Waals surface area contributed by atoms with E-state index < -0.39 is 31.1 Å². The number of para-hydroxylation sites is 2. The Morgan fingerprint density at radius 3 is 1.48 bits per heavy atom.